The molecule has 0 spiro atoms. The summed E-state index contributed by atoms with van der Waals surface area (Å²) in [6, 6.07) is 0. The van der Waals surface area contributed by atoms with Crippen LogP contribution in [0, 0.1) is 5.41 Å². The predicted molar refractivity (Wildman–Crippen MR) is 95.4 cm³/mol. The number of primary amides is 1. The Morgan fingerprint density at radius 3 is 1.55 bits per heavy atom. The first-order valence-electron chi connectivity index (χ1n) is 9.33. The van der Waals surface area contributed by atoms with E-state index in [-0.39, 0.29) is 11.3 Å². The third-order valence-electron chi connectivity index (χ3n) is 4.75. The highest BCUT2D eigenvalue weighted by atomic mass is 16.1. The third-order valence-corrected chi connectivity index (χ3v) is 4.75. The lowest BCUT2D eigenvalue weighted by Crippen LogP contribution is -2.38. The number of rotatable bonds is 16. The minimum Gasteiger partial charge on any atom is -0.369 e. The number of carbonyl (C=O) groups is 1. The second-order valence-corrected chi connectivity index (χ2v) is 6.65. The van der Waals surface area contributed by atoms with Crippen LogP contribution in [0.5, 0.6) is 0 Å². The summed E-state index contributed by atoms with van der Waals surface area (Å²) in [6.07, 6.45) is 14.5. The van der Waals surface area contributed by atoms with Crippen LogP contribution < -0.4 is 17.2 Å². The van der Waals surface area contributed by atoms with Gasteiger partial charge in [-0.1, -0.05) is 58.3 Å². The summed E-state index contributed by atoms with van der Waals surface area (Å²) in [5.41, 5.74) is 16.6. The van der Waals surface area contributed by atoms with Crippen molar-refractivity contribution in [3.05, 3.63) is 0 Å². The van der Waals surface area contributed by atoms with E-state index >= 15 is 0 Å². The van der Waals surface area contributed by atoms with Crippen LogP contribution in [-0.2, 0) is 4.79 Å². The standard InChI is InChI=1S/C18H39N3O/c1-2-3-4-5-6-7-8-9-12-18(17(21)22,13-10-15-19)14-11-16-20/h2-16,19-20H2,1H3,(H2,21,22). The van der Waals surface area contributed by atoms with Crippen molar-refractivity contribution in [1.82, 2.24) is 0 Å². The first-order valence-corrected chi connectivity index (χ1v) is 9.33. The van der Waals surface area contributed by atoms with E-state index in [4.69, 9.17) is 17.2 Å². The largest absolute Gasteiger partial charge is 0.369 e. The summed E-state index contributed by atoms with van der Waals surface area (Å²) in [5.74, 6) is -0.155. The van der Waals surface area contributed by atoms with Gasteiger partial charge in [0.25, 0.3) is 0 Å². The molecule has 6 N–H and O–H groups in total. The smallest absolute Gasteiger partial charge is 0.223 e. The van der Waals surface area contributed by atoms with Crippen LogP contribution in [0.2, 0.25) is 0 Å². The molecule has 0 saturated carbocycles. The van der Waals surface area contributed by atoms with Gasteiger partial charge in [0.1, 0.15) is 0 Å². The second kappa shape index (κ2) is 14.0. The molecule has 132 valence electrons. The van der Waals surface area contributed by atoms with E-state index in [0.29, 0.717) is 13.1 Å². The Balaban J connectivity index is 4.13. The van der Waals surface area contributed by atoms with E-state index in [1.165, 1.54) is 44.9 Å². The summed E-state index contributed by atoms with van der Waals surface area (Å²) in [7, 11) is 0. The summed E-state index contributed by atoms with van der Waals surface area (Å²) in [5, 5.41) is 0. The molecule has 0 aromatic rings. The van der Waals surface area contributed by atoms with E-state index in [9.17, 15) is 4.79 Å². The molecule has 0 radical (unpaired) electrons. The second-order valence-electron chi connectivity index (χ2n) is 6.65. The fourth-order valence-corrected chi connectivity index (χ4v) is 3.22. The Bertz CT molecular complexity index is 261. The highest BCUT2D eigenvalue weighted by Crippen LogP contribution is 2.35. The van der Waals surface area contributed by atoms with E-state index in [1.54, 1.807) is 0 Å². The molecule has 0 bridgehead atoms. The van der Waals surface area contributed by atoms with Gasteiger partial charge in [0, 0.05) is 5.41 Å². The van der Waals surface area contributed by atoms with Gasteiger partial charge in [-0.25, -0.2) is 0 Å². The molecule has 0 aliphatic rings. The summed E-state index contributed by atoms with van der Waals surface area (Å²) in [4.78, 5) is 12.0. The zero-order valence-corrected chi connectivity index (χ0v) is 14.7. The van der Waals surface area contributed by atoms with Crippen molar-refractivity contribution in [1.29, 1.82) is 0 Å². The van der Waals surface area contributed by atoms with Crippen molar-refractivity contribution >= 4 is 5.91 Å². The molecular weight excluding hydrogens is 274 g/mol. The molecule has 4 nitrogen and oxygen atoms in total. The first kappa shape index (κ1) is 21.4. The maximum Gasteiger partial charge on any atom is 0.223 e. The van der Waals surface area contributed by atoms with Gasteiger partial charge in [0.15, 0.2) is 0 Å². The average Bonchev–Trinajstić information content (AvgIpc) is 2.51. The summed E-state index contributed by atoms with van der Waals surface area (Å²) >= 11 is 0. The number of hydrogen-bond acceptors (Lipinski definition) is 3. The lowest BCUT2D eigenvalue weighted by atomic mass is 9.74. The Morgan fingerprint density at radius 2 is 1.14 bits per heavy atom. The fraction of sp³-hybridized carbons (Fsp3) is 0.944. The number of hydrogen-bond donors (Lipinski definition) is 3. The van der Waals surface area contributed by atoms with Gasteiger partial charge in [0.05, 0.1) is 0 Å². The normalized spacial score (nSPS) is 11.8. The molecule has 0 fully saturated rings. The minimum absolute atomic E-state index is 0.155. The lowest BCUT2D eigenvalue weighted by Gasteiger charge is -2.31. The zero-order chi connectivity index (χ0) is 16.7. The van der Waals surface area contributed by atoms with Crippen LogP contribution in [0.15, 0.2) is 0 Å². The molecule has 22 heavy (non-hydrogen) atoms. The topological polar surface area (TPSA) is 95.1 Å². The SMILES string of the molecule is CCCCCCCCCCC(CCCN)(CCCN)C(N)=O. The fourth-order valence-electron chi connectivity index (χ4n) is 3.22. The van der Waals surface area contributed by atoms with Gasteiger partial charge >= 0.3 is 0 Å². The highest BCUT2D eigenvalue weighted by Gasteiger charge is 2.34. The monoisotopic (exact) mass is 313 g/mol. The van der Waals surface area contributed by atoms with Crippen molar-refractivity contribution in [2.75, 3.05) is 13.1 Å². The van der Waals surface area contributed by atoms with Gasteiger partial charge in [-0.05, 0) is 45.2 Å². The molecule has 0 rings (SSSR count). The molecule has 4 heteroatoms. The van der Waals surface area contributed by atoms with Crippen LogP contribution in [0.25, 0.3) is 0 Å². The lowest BCUT2D eigenvalue weighted by molar-refractivity contribution is -0.129. The van der Waals surface area contributed by atoms with Crippen molar-refractivity contribution in [3.63, 3.8) is 0 Å². The maximum absolute atomic E-state index is 12.0. The number of carbonyl (C=O) groups excluding carboxylic acids is 1. The molecule has 0 unspecified atom stereocenters. The molecule has 0 aliphatic heterocycles. The Morgan fingerprint density at radius 1 is 0.727 bits per heavy atom. The summed E-state index contributed by atoms with van der Waals surface area (Å²) in [6.45, 7) is 3.48. The molecule has 0 aliphatic carbocycles. The van der Waals surface area contributed by atoms with Gasteiger partial charge in [-0.3, -0.25) is 4.79 Å². The summed E-state index contributed by atoms with van der Waals surface area (Å²) < 4.78 is 0. The van der Waals surface area contributed by atoms with Gasteiger partial charge in [-0.2, -0.15) is 0 Å². The number of amides is 1. The van der Waals surface area contributed by atoms with Crippen LogP contribution >= 0.6 is 0 Å². The van der Waals surface area contributed by atoms with Gasteiger partial charge in [0.2, 0.25) is 5.91 Å². The van der Waals surface area contributed by atoms with Crippen molar-refractivity contribution in [2.24, 2.45) is 22.6 Å². The predicted octanol–water partition coefficient (Wildman–Crippen LogP) is 3.47. The van der Waals surface area contributed by atoms with Crippen LogP contribution in [0.3, 0.4) is 0 Å². The van der Waals surface area contributed by atoms with E-state index < -0.39 is 0 Å². The van der Waals surface area contributed by atoms with Crippen LogP contribution in [0.4, 0.5) is 0 Å². The van der Waals surface area contributed by atoms with Crippen molar-refractivity contribution in [2.45, 2.75) is 90.4 Å². The van der Waals surface area contributed by atoms with Crippen molar-refractivity contribution < 1.29 is 4.79 Å². The van der Waals surface area contributed by atoms with Gasteiger partial charge < -0.3 is 17.2 Å². The Kier molecular flexibility index (Phi) is 13.6. The molecule has 0 aromatic heterocycles. The number of nitrogens with two attached hydrogens (primary N) is 3. The third kappa shape index (κ3) is 9.42. The zero-order valence-electron chi connectivity index (χ0n) is 14.7. The van der Waals surface area contributed by atoms with Crippen molar-refractivity contribution in [3.8, 4) is 0 Å². The quantitative estimate of drug-likeness (QED) is 0.381. The molecule has 0 saturated heterocycles. The molecule has 0 atom stereocenters. The minimum atomic E-state index is -0.374. The molecular formula is C18H39N3O. The molecule has 1 amide bonds. The van der Waals surface area contributed by atoms with E-state index in [2.05, 4.69) is 6.92 Å². The van der Waals surface area contributed by atoms with E-state index in [1.807, 2.05) is 0 Å². The Labute approximate surface area is 137 Å². The van der Waals surface area contributed by atoms with Gasteiger partial charge in [-0.15, -0.1) is 0 Å². The molecule has 0 aromatic carbocycles. The Hall–Kier alpha value is -0.610. The van der Waals surface area contributed by atoms with Crippen LogP contribution in [-0.4, -0.2) is 19.0 Å². The highest BCUT2D eigenvalue weighted by molar-refractivity contribution is 5.80. The van der Waals surface area contributed by atoms with E-state index in [0.717, 1.165) is 38.5 Å². The molecule has 0 heterocycles. The van der Waals surface area contributed by atoms with Crippen LogP contribution in [0.1, 0.15) is 90.4 Å². The maximum atomic E-state index is 12.0. The first-order chi connectivity index (χ1) is 10.6. The average molecular weight is 314 g/mol. The number of unbranched alkanes of at least 4 members (excludes halogenated alkanes) is 7.